The highest BCUT2D eigenvalue weighted by atomic mass is 19.1. The van der Waals surface area contributed by atoms with E-state index in [-0.39, 0.29) is 5.52 Å². The molecule has 1 N–H and O–H groups in total. The van der Waals surface area contributed by atoms with E-state index in [0.29, 0.717) is 17.4 Å². The fourth-order valence-corrected chi connectivity index (χ4v) is 1.55. The van der Waals surface area contributed by atoms with Gasteiger partial charge < -0.3 is 4.98 Å². The third kappa shape index (κ3) is 1.11. The van der Waals surface area contributed by atoms with Gasteiger partial charge in [-0.3, -0.25) is 0 Å². The Morgan fingerprint density at radius 3 is 2.77 bits per heavy atom. The van der Waals surface area contributed by atoms with Gasteiger partial charge in [0, 0.05) is 10.9 Å². The second-order valence-electron chi connectivity index (χ2n) is 2.93. The first kappa shape index (κ1) is 8.23. The van der Waals surface area contributed by atoms with E-state index >= 15 is 0 Å². The number of hydrogen-bond acceptors (Lipinski definition) is 0. The zero-order valence-corrected chi connectivity index (χ0v) is 7.20. The lowest BCUT2D eigenvalue weighted by molar-refractivity contribution is 0.577. The zero-order valence-electron chi connectivity index (χ0n) is 7.20. The molecular weight excluding hydrogens is 172 g/mol. The van der Waals surface area contributed by atoms with Crippen LogP contribution in [0.15, 0.2) is 18.2 Å². The van der Waals surface area contributed by atoms with Crippen molar-refractivity contribution in [1.82, 2.24) is 4.98 Å². The molecule has 0 fully saturated rings. The maximum atomic E-state index is 13.2. The minimum Gasteiger partial charge on any atom is -0.329 e. The summed E-state index contributed by atoms with van der Waals surface area (Å²) >= 11 is 0. The van der Waals surface area contributed by atoms with Crippen molar-refractivity contribution in [3.8, 4) is 0 Å². The van der Waals surface area contributed by atoms with Crippen LogP contribution in [-0.4, -0.2) is 4.98 Å². The van der Waals surface area contributed by atoms with E-state index < -0.39 is 11.8 Å². The number of aromatic nitrogens is 1. The summed E-state index contributed by atoms with van der Waals surface area (Å²) in [6, 6.07) is 4.62. The Balaban J connectivity index is 2.86. The molecule has 3 heteroatoms. The number of rotatable bonds is 1. The third-order valence-corrected chi connectivity index (χ3v) is 2.19. The Bertz CT molecular complexity index is 445. The molecule has 68 valence electrons. The zero-order chi connectivity index (χ0) is 9.42. The number of fused-ring (bicyclic) bond motifs is 1. The predicted molar refractivity (Wildman–Crippen MR) is 47.6 cm³/mol. The van der Waals surface area contributed by atoms with E-state index in [1.54, 1.807) is 12.1 Å². The first-order valence-electron chi connectivity index (χ1n) is 4.18. The van der Waals surface area contributed by atoms with Gasteiger partial charge in [0.2, 0.25) is 0 Å². The molecule has 0 aliphatic heterocycles. The van der Waals surface area contributed by atoms with Crippen molar-refractivity contribution >= 4 is 10.9 Å². The van der Waals surface area contributed by atoms with E-state index in [4.69, 9.17) is 0 Å². The molecule has 1 heterocycles. The van der Waals surface area contributed by atoms with Gasteiger partial charge in [-0.25, -0.2) is 4.39 Å². The largest absolute Gasteiger partial charge is 0.329 e. The van der Waals surface area contributed by atoms with Crippen LogP contribution in [0.5, 0.6) is 0 Å². The van der Waals surface area contributed by atoms with Crippen LogP contribution in [0.4, 0.5) is 8.78 Å². The van der Waals surface area contributed by atoms with E-state index in [9.17, 15) is 8.78 Å². The topological polar surface area (TPSA) is 15.8 Å². The summed E-state index contributed by atoms with van der Waals surface area (Å²) in [6.07, 6.45) is 0.565. The Morgan fingerprint density at radius 2 is 2.08 bits per heavy atom. The maximum absolute atomic E-state index is 13.2. The molecular formula is C10H9F2N. The van der Waals surface area contributed by atoms with Crippen LogP contribution in [0.1, 0.15) is 12.5 Å². The van der Waals surface area contributed by atoms with Crippen LogP contribution in [0.25, 0.3) is 10.9 Å². The van der Waals surface area contributed by atoms with E-state index in [1.807, 2.05) is 6.92 Å². The molecule has 13 heavy (non-hydrogen) atoms. The average molecular weight is 181 g/mol. The highest BCUT2D eigenvalue weighted by Gasteiger charge is 2.11. The molecule has 2 rings (SSSR count). The summed E-state index contributed by atoms with van der Waals surface area (Å²) in [4.78, 5) is 2.40. The van der Waals surface area contributed by atoms with Crippen molar-refractivity contribution in [2.24, 2.45) is 0 Å². The molecule has 1 aromatic carbocycles. The average Bonchev–Trinajstić information content (AvgIpc) is 2.43. The fourth-order valence-electron chi connectivity index (χ4n) is 1.55. The van der Waals surface area contributed by atoms with Gasteiger partial charge in [-0.1, -0.05) is 19.1 Å². The first-order valence-corrected chi connectivity index (χ1v) is 4.18. The Labute approximate surface area is 74.4 Å². The summed E-state index contributed by atoms with van der Waals surface area (Å²) in [5.41, 5.74) is 0.811. The maximum Gasteiger partial charge on any atom is 0.195 e. The van der Waals surface area contributed by atoms with Crippen LogP contribution < -0.4 is 0 Å². The summed E-state index contributed by atoms with van der Waals surface area (Å²) < 4.78 is 26.3. The van der Waals surface area contributed by atoms with Crippen LogP contribution in [0.2, 0.25) is 0 Å². The lowest BCUT2D eigenvalue weighted by atomic mass is 10.1. The number of para-hydroxylation sites is 1. The molecule has 0 unspecified atom stereocenters. The van der Waals surface area contributed by atoms with Gasteiger partial charge in [0.1, 0.15) is 5.82 Å². The van der Waals surface area contributed by atoms with Crippen molar-refractivity contribution in [3.05, 3.63) is 35.5 Å². The molecule has 1 aromatic heterocycles. The smallest absolute Gasteiger partial charge is 0.195 e. The molecule has 0 atom stereocenters. The summed E-state index contributed by atoms with van der Waals surface area (Å²) in [5.74, 6) is -0.835. The molecule has 0 saturated heterocycles. The van der Waals surface area contributed by atoms with Crippen molar-refractivity contribution in [2.75, 3.05) is 0 Å². The number of benzene rings is 1. The molecule has 0 aliphatic rings. The number of H-pyrrole nitrogens is 1. The summed E-state index contributed by atoms with van der Waals surface area (Å²) in [5, 5.41) is 0.639. The molecule has 1 nitrogen and oxygen atoms in total. The normalized spacial score (nSPS) is 11.0. The Kier molecular flexibility index (Phi) is 1.79. The van der Waals surface area contributed by atoms with Gasteiger partial charge in [-0.15, -0.1) is 0 Å². The highest BCUT2D eigenvalue weighted by molar-refractivity contribution is 5.83. The Morgan fingerprint density at radius 1 is 1.31 bits per heavy atom. The summed E-state index contributed by atoms with van der Waals surface area (Å²) in [7, 11) is 0. The summed E-state index contributed by atoms with van der Waals surface area (Å²) in [6.45, 7) is 1.84. The number of halogens is 2. The van der Waals surface area contributed by atoms with E-state index in [1.165, 1.54) is 6.07 Å². The standard InChI is InChI=1S/C10H9F2N/c1-2-6-7-4-3-5-8(11)9(7)13-10(6)12/h3-5,13H,2H2,1H3. The molecule has 0 amide bonds. The molecule has 0 spiro atoms. The quantitative estimate of drug-likeness (QED) is 0.696. The van der Waals surface area contributed by atoms with E-state index in [2.05, 4.69) is 4.98 Å². The van der Waals surface area contributed by atoms with Crippen molar-refractivity contribution in [3.63, 3.8) is 0 Å². The lowest BCUT2D eigenvalue weighted by Crippen LogP contribution is -1.81. The number of nitrogens with one attached hydrogen (secondary N) is 1. The van der Waals surface area contributed by atoms with Crippen molar-refractivity contribution in [2.45, 2.75) is 13.3 Å². The second-order valence-corrected chi connectivity index (χ2v) is 2.93. The van der Waals surface area contributed by atoms with Gasteiger partial charge in [-0.05, 0) is 12.5 Å². The van der Waals surface area contributed by atoms with Crippen molar-refractivity contribution < 1.29 is 8.78 Å². The molecule has 0 radical (unpaired) electrons. The number of aryl methyl sites for hydroxylation is 1. The second kappa shape index (κ2) is 2.83. The Hall–Kier alpha value is -1.38. The van der Waals surface area contributed by atoms with Crippen molar-refractivity contribution in [1.29, 1.82) is 0 Å². The predicted octanol–water partition coefficient (Wildman–Crippen LogP) is 3.01. The minimum atomic E-state index is -0.428. The SMILES string of the molecule is CCc1c(F)[nH]c2c(F)cccc12. The molecule has 2 aromatic rings. The first-order chi connectivity index (χ1) is 6.24. The number of hydrogen-bond donors (Lipinski definition) is 1. The molecule has 0 bridgehead atoms. The minimum absolute atomic E-state index is 0.261. The van der Waals surface area contributed by atoms with E-state index in [0.717, 1.165) is 0 Å². The molecule has 0 saturated carbocycles. The van der Waals surface area contributed by atoms with Gasteiger partial charge in [0.25, 0.3) is 0 Å². The van der Waals surface area contributed by atoms with Crippen LogP contribution >= 0.6 is 0 Å². The highest BCUT2D eigenvalue weighted by Crippen LogP contribution is 2.23. The van der Waals surface area contributed by atoms with Crippen LogP contribution in [-0.2, 0) is 6.42 Å². The molecule has 0 aliphatic carbocycles. The van der Waals surface area contributed by atoms with Gasteiger partial charge in [0.05, 0.1) is 5.52 Å². The van der Waals surface area contributed by atoms with Gasteiger partial charge in [0.15, 0.2) is 5.95 Å². The monoisotopic (exact) mass is 181 g/mol. The third-order valence-electron chi connectivity index (χ3n) is 2.19. The van der Waals surface area contributed by atoms with Crippen LogP contribution in [0, 0.1) is 11.8 Å². The van der Waals surface area contributed by atoms with Crippen LogP contribution in [0.3, 0.4) is 0 Å². The lowest BCUT2D eigenvalue weighted by Gasteiger charge is -1.93. The number of aromatic amines is 1. The fraction of sp³-hybridized carbons (Fsp3) is 0.200. The van der Waals surface area contributed by atoms with Gasteiger partial charge in [-0.2, -0.15) is 4.39 Å². The van der Waals surface area contributed by atoms with Gasteiger partial charge >= 0.3 is 0 Å².